The summed E-state index contributed by atoms with van der Waals surface area (Å²) in [4.78, 5) is 6.59. The minimum Gasteiger partial charge on any atom is -0.357 e. The molecule has 1 heterocycles. The fourth-order valence-electron chi connectivity index (χ4n) is 1.97. The molecular weight excluding hydrogens is 429 g/mol. The highest BCUT2D eigenvalue weighted by Crippen LogP contribution is 2.03. The monoisotopic (exact) mass is 457 g/mol. The number of hydrogen-bond acceptors (Lipinski definition) is 3. The number of nitrogens with zero attached hydrogens (tertiary/aromatic N) is 3. The van der Waals surface area contributed by atoms with Crippen LogP contribution in [0.25, 0.3) is 0 Å². The summed E-state index contributed by atoms with van der Waals surface area (Å²) < 4.78 is 26.5. The summed E-state index contributed by atoms with van der Waals surface area (Å²) in [5, 5.41) is 3.25. The van der Waals surface area contributed by atoms with Crippen LogP contribution in [0.5, 0.6) is 0 Å². The lowest BCUT2D eigenvalue weighted by atomic mass is 10.4. The topological polar surface area (TPSA) is 78.7 Å². The molecule has 1 rings (SSSR count). The predicted octanol–water partition coefficient (Wildman–Crippen LogP) is 0.980. The standard InChI is InChI=1S/C14H27N5O2S.HI/c1-5-15-14(16-9-7-10-17-22(4,20)21)19(3)12-13-8-6-11-18(13)2;/h6,8,11,17H,5,7,9-10,12H2,1-4H3,(H,15,16);1H. The Balaban J connectivity index is 0.00000484. The molecule has 23 heavy (non-hydrogen) atoms. The van der Waals surface area contributed by atoms with Crippen LogP contribution in [0.1, 0.15) is 19.0 Å². The first kappa shape index (κ1) is 22.2. The molecule has 0 amide bonds. The van der Waals surface area contributed by atoms with Crippen molar-refractivity contribution in [2.75, 3.05) is 32.9 Å². The van der Waals surface area contributed by atoms with Gasteiger partial charge in [0.05, 0.1) is 12.8 Å². The average Bonchev–Trinajstić information content (AvgIpc) is 2.81. The van der Waals surface area contributed by atoms with Crippen LogP contribution in [-0.2, 0) is 23.6 Å². The molecule has 0 bridgehead atoms. The van der Waals surface area contributed by atoms with Crippen LogP contribution >= 0.6 is 24.0 Å². The SMILES string of the molecule is CCNC(=NCCCNS(C)(=O)=O)N(C)Cc1cccn1C.I. The second-order valence-electron chi connectivity index (χ2n) is 5.22. The maximum atomic E-state index is 11.0. The number of aryl methyl sites for hydroxylation is 1. The van der Waals surface area contributed by atoms with E-state index in [4.69, 9.17) is 0 Å². The van der Waals surface area contributed by atoms with Crippen LogP contribution in [0.3, 0.4) is 0 Å². The Morgan fingerprint density at radius 1 is 1.43 bits per heavy atom. The molecule has 0 saturated carbocycles. The molecule has 9 heteroatoms. The maximum absolute atomic E-state index is 11.0. The summed E-state index contributed by atoms with van der Waals surface area (Å²) in [5.74, 6) is 0.822. The Bertz CT molecular complexity index is 586. The maximum Gasteiger partial charge on any atom is 0.208 e. The van der Waals surface area contributed by atoms with Gasteiger partial charge in [-0.3, -0.25) is 4.99 Å². The number of rotatable bonds is 8. The highest BCUT2D eigenvalue weighted by atomic mass is 127. The zero-order chi connectivity index (χ0) is 16.6. The third kappa shape index (κ3) is 9.16. The first-order chi connectivity index (χ1) is 10.3. The zero-order valence-electron chi connectivity index (χ0n) is 14.2. The molecule has 1 aromatic heterocycles. The van der Waals surface area contributed by atoms with Crippen LogP contribution < -0.4 is 10.0 Å². The number of halogens is 1. The Labute approximate surface area is 156 Å². The number of aromatic nitrogens is 1. The van der Waals surface area contributed by atoms with Crippen molar-refractivity contribution in [1.82, 2.24) is 19.5 Å². The van der Waals surface area contributed by atoms with Gasteiger partial charge in [-0.05, 0) is 25.5 Å². The molecule has 7 nitrogen and oxygen atoms in total. The number of hydrogen-bond donors (Lipinski definition) is 2. The van der Waals surface area contributed by atoms with Gasteiger partial charge >= 0.3 is 0 Å². The van der Waals surface area contributed by atoms with Gasteiger partial charge in [0.2, 0.25) is 10.0 Å². The van der Waals surface area contributed by atoms with E-state index in [0.29, 0.717) is 19.5 Å². The lowest BCUT2D eigenvalue weighted by Gasteiger charge is -2.22. The summed E-state index contributed by atoms with van der Waals surface area (Å²) in [6, 6.07) is 4.10. The molecule has 0 unspecified atom stereocenters. The first-order valence-electron chi connectivity index (χ1n) is 7.37. The van der Waals surface area contributed by atoms with Gasteiger partial charge in [-0.2, -0.15) is 0 Å². The number of aliphatic imine (C=N–C) groups is 1. The second kappa shape index (κ2) is 10.9. The van der Waals surface area contributed by atoms with Crippen LogP contribution in [0.4, 0.5) is 0 Å². The highest BCUT2D eigenvalue weighted by Gasteiger charge is 2.08. The normalized spacial score (nSPS) is 11.9. The molecule has 0 saturated heterocycles. The molecule has 0 fully saturated rings. The Morgan fingerprint density at radius 3 is 2.65 bits per heavy atom. The molecule has 134 valence electrons. The van der Waals surface area contributed by atoms with Gasteiger partial charge in [-0.25, -0.2) is 13.1 Å². The lowest BCUT2D eigenvalue weighted by molar-refractivity contribution is 0.461. The van der Waals surface area contributed by atoms with Crippen LogP contribution in [0, 0.1) is 0 Å². The average molecular weight is 457 g/mol. The van der Waals surface area contributed by atoms with E-state index in [-0.39, 0.29) is 24.0 Å². The smallest absolute Gasteiger partial charge is 0.208 e. The van der Waals surface area contributed by atoms with E-state index in [1.165, 1.54) is 5.69 Å². The van der Waals surface area contributed by atoms with Crippen LogP contribution in [0.2, 0.25) is 0 Å². The van der Waals surface area contributed by atoms with Gasteiger partial charge in [0.25, 0.3) is 0 Å². The van der Waals surface area contributed by atoms with E-state index in [1.807, 2.05) is 33.3 Å². The quantitative estimate of drug-likeness (QED) is 0.264. The van der Waals surface area contributed by atoms with Gasteiger partial charge in [0, 0.05) is 45.6 Å². The van der Waals surface area contributed by atoms with E-state index in [9.17, 15) is 8.42 Å². The van der Waals surface area contributed by atoms with E-state index in [1.54, 1.807) is 0 Å². The zero-order valence-corrected chi connectivity index (χ0v) is 17.4. The predicted molar refractivity (Wildman–Crippen MR) is 106 cm³/mol. The fraction of sp³-hybridized carbons (Fsp3) is 0.643. The van der Waals surface area contributed by atoms with Gasteiger partial charge in [0.15, 0.2) is 5.96 Å². The number of nitrogens with one attached hydrogen (secondary N) is 2. The highest BCUT2D eigenvalue weighted by molar-refractivity contribution is 14.0. The molecule has 0 aliphatic heterocycles. The summed E-state index contributed by atoms with van der Waals surface area (Å²) in [6.07, 6.45) is 3.85. The van der Waals surface area contributed by atoms with Crippen molar-refractivity contribution in [3.05, 3.63) is 24.0 Å². The molecule has 0 spiro atoms. The van der Waals surface area contributed by atoms with E-state index < -0.39 is 10.0 Å². The third-order valence-corrected chi connectivity index (χ3v) is 3.84. The van der Waals surface area contributed by atoms with Crippen molar-refractivity contribution in [2.24, 2.45) is 12.0 Å². The minimum atomic E-state index is -3.12. The van der Waals surface area contributed by atoms with Gasteiger partial charge in [-0.15, -0.1) is 24.0 Å². The molecule has 1 aromatic rings. The first-order valence-corrected chi connectivity index (χ1v) is 9.27. The molecule has 0 aliphatic rings. The summed E-state index contributed by atoms with van der Waals surface area (Å²) in [5.41, 5.74) is 1.20. The van der Waals surface area contributed by atoms with Crippen molar-refractivity contribution < 1.29 is 8.42 Å². The Morgan fingerprint density at radius 2 is 2.13 bits per heavy atom. The number of sulfonamides is 1. The third-order valence-electron chi connectivity index (χ3n) is 3.11. The Kier molecular flexibility index (Phi) is 10.5. The largest absolute Gasteiger partial charge is 0.357 e. The molecule has 2 N–H and O–H groups in total. The van der Waals surface area contributed by atoms with Gasteiger partial charge < -0.3 is 14.8 Å². The molecule has 0 atom stereocenters. The molecule has 0 aliphatic carbocycles. The minimum absolute atomic E-state index is 0. The van der Waals surface area contributed by atoms with Crippen molar-refractivity contribution in [2.45, 2.75) is 19.9 Å². The van der Waals surface area contributed by atoms with Crippen molar-refractivity contribution >= 4 is 40.0 Å². The summed E-state index contributed by atoms with van der Waals surface area (Å²) >= 11 is 0. The van der Waals surface area contributed by atoms with E-state index in [0.717, 1.165) is 25.3 Å². The van der Waals surface area contributed by atoms with Crippen LogP contribution in [0.15, 0.2) is 23.3 Å². The second-order valence-corrected chi connectivity index (χ2v) is 7.06. The van der Waals surface area contributed by atoms with Crippen molar-refractivity contribution in [1.29, 1.82) is 0 Å². The Hall–Kier alpha value is -0.810. The fourth-order valence-corrected chi connectivity index (χ4v) is 2.49. The van der Waals surface area contributed by atoms with E-state index >= 15 is 0 Å². The summed E-state index contributed by atoms with van der Waals surface area (Å²) in [6.45, 7) is 4.55. The lowest BCUT2D eigenvalue weighted by Crippen LogP contribution is -2.39. The van der Waals surface area contributed by atoms with Gasteiger partial charge in [0.1, 0.15) is 0 Å². The van der Waals surface area contributed by atoms with Gasteiger partial charge in [-0.1, -0.05) is 0 Å². The molecule has 0 radical (unpaired) electrons. The van der Waals surface area contributed by atoms with E-state index in [2.05, 4.69) is 30.6 Å². The van der Waals surface area contributed by atoms with Crippen LogP contribution in [-0.4, -0.2) is 56.8 Å². The number of guanidine groups is 1. The molecule has 0 aromatic carbocycles. The molecular formula is C14H28IN5O2S. The van der Waals surface area contributed by atoms with Crippen molar-refractivity contribution in [3.8, 4) is 0 Å². The van der Waals surface area contributed by atoms with Crippen molar-refractivity contribution in [3.63, 3.8) is 0 Å². The summed E-state index contributed by atoms with van der Waals surface area (Å²) in [7, 11) is 0.890.